The molecule has 0 radical (unpaired) electrons. The molecule has 1 amide bonds. The lowest BCUT2D eigenvalue weighted by atomic mass is 10.1. The van der Waals surface area contributed by atoms with Crippen LogP contribution in [0.15, 0.2) is 18.3 Å². The Morgan fingerprint density at radius 1 is 1.22 bits per heavy atom. The molecule has 0 unspecified atom stereocenters. The standard InChI is InChI=1S/C15H15F4N3O/c1-8(2)3-5-22-6-4-11(21-22)20-15(23)12-13(18)9(16)7-10(17)14(12)19/h4,6-8H,3,5H2,1-2H3,(H,20,21,23). The number of nitrogens with one attached hydrogen (secondary N) is 1. The van der Waals surface area contributed by atoms with Gasteiger partial charge in [0, 0.05) is 24.9 Å². The molecule has 0 aliphatic rings. The summed E-state index contributed by atoms with van der Waals surface area (Å²) in [5.74, 6) is -7.61. The van der Waals surface area contributed by atoms with Gasteiger partial charge in [0.1, 0.15) is 5.56 Å². The first kappa shape index (κ1) is 17.0. The van der Waals surface area contributed by atoms with Crippen LogP contribution in [-0.4, -0.2) is 15.7 Å². The fraction of sp³-hybridized carbons (Fsp3) is 0.333. The molecule has 1 heterocycles. The number of hydrogen-bond acceptors (Lipinski definition) is 2. The molecule has 2 rings (SSSR count). The van der Waals surface area contributed by atoms with E-state index in [2.05, 4.69) is 10.4 Å². The van der Waals surface area contributed by atoms with Crippen molar-refractivity contribution in [3.8, 4) is 0 Å². The normalized spacial score (nSPS) is 11.1. The molecule has 1 N–H and O–H groups in total. The summed E-state index contributed by atoms with van der Waals surface area (Å²) in [6.07, 6.45) is 2.43. The van der Waals surface area contributed by atoms with Gasteiger partial charge in [0.25, 0.3) is 5.91 Å². The number of carbonyl (C=O) groups is 1. The van der Waals surface area contributed by atoms with Crippen LogP contribution in [0.25, 0.3) is 0 Å². The second-order valence-corrected chi connectivity index (χ2v) is 5.44. The van der Waals surface area contributed by atoms with Gasteiger partial charge >= 0.3 is 0 Å². The first-order valence-electron chi connectivity index (χ1n) is 6.97. The number of aryl methyl sites for hydroxylation is 1. The van der Waals surface area contributed by atoms with E-state index in [-0.39, 0.29) is 11.9 Å². The maximum atomic E-state index is 13.5. The molecule has 0 bridgehead atoms. The average Bonchev–Trinajstić information content (AvgIpc) is 2.91. The Morgan fingerprint density at radius 2 is 1.83 bits per heavy atom. The van der Waals surface area contributed by atoms with Crippen molar-refractivity contribution in [3.63, 3.8) is 0 Å². The summed E-state index contributed by atoms with van der Waals surface area (Å²) in [5.41, 5.74) is -1.32. The van der Waals surface area contributed by atoms with Crippen molar-refractivity contribution in [2.75, 3.05) is 5.32 Å². The molecule has 0 saturated carbocycles. The Hall–Kier alpha value is -2.38. The van der Waals surface area contributed by atoms with Crippen molar-refractivity contribution in [2.24, 2.45) is 5.92 Å². The lowest BCUT2D eigenvalue weighted by Gasteiger charge is -2.07. The number of aromatic nitrogens is 2. The highest BCUT2D eigenvalue weighted by Crippen LogP contribution is 2.20. The first-order chi connectivity index (χ1) is 10.8. The number of halogens is 4. The van der Waals surface area contributed by atoms with Crippen LogP contribution in [0.4, 0.5) is 23.4 Å². The zero-order valence-electron chi connectivity index (χ0n) is 12.5. The lowest BCUT2D eigenvalue weighted by molar-refractivity contribution is 0.101. The molecule has 0 fully saturated rings. The summed E-state index contributed by atoms with van der Waals surface area (Å²) in [7, 11) is 0. The van der Waals surface area contributed by atoms with Gasteiger partial charge in [0.15, 0.2) is 29.1 Å². The Kier molecular flexibility index (Phi) is 5.02. The third-order valence-electron chi connectivity index (χ3n) is 3.16. The second kappa shape index (κ2) is 6.80. The number of carbonyl (C=O) groups excluding carboxylic acids is 1. The highest BCUT2D eigenvalue weighted by molar-refractivity contribution is 6.04. The number of nitrogens with zero attached hydrogens (tertiary/aromatic N) is 2. The van der Waals surface area contributed by atoms with Gasteiger partial charge < -0.3 is 5.32 Å². The third-order valence-corrected chi connectivity index (χ3v) is 3.16. The number of anilines is 1. The van der Waals surface area contributed by atoms with Crippen LogP contribution in [0, 0.1) is 29.2 Å². The summed E-state index contributed by atoms with van der Waals surface area (Å²) in [6, 6.07) is 1.46. The average molecular weight is 329 g/mol. The zero-order chi connectivity index (χ0) is 17.1. The van der Waals surface area contributed by atoms with Crippen molar-refractivity contribution < 1.29 is 22.4 Å². The molecule has 23 heavy (non-hydrogen) atoms. The lowest BCUT2D eigenvalue weighted by Crippen LogP contribution is -2.18. The van der Waals surface area contributed by atoms with Crippen LogP contribution in [-0.2, 0) is 6.54 Å². The number of rotatable bonds is 5. The summed E-state index contributed by atoms with van der Waals surface area (Å²) < 4.78 is 54.9. The zero-order valence-corrected chi connectivity index (χ0v) is 12.5. The van der Waals surface area contributed by atoms with Gasteiger partial charge in [-0.3, -0.25) is 9.48 Å². The maximum absolute atomic E-state index is 13.5. The van der Waals surface area contributed by atoms with E-state index in [1.807, 2.05) is 13.8 Å². The van der Waals surface area contributed by atoms with E-state index < -0.39 is 34.7 Å². The number of benzene rings is 1. The predicted molar refractivity (Wildman–Crippen MR) is 75.9 cm³/mol. The van der Waals surface area contributed by atoms with E-state index >= 15 is 0 Å². The third kappa shape index (κ3) is 3.88. The number of hydrogen-bond donors (Lipinski definition) is 1. The van der Waals surface area contributed by atoms with Gasteiger partial charge in [-0.25, -0.2) is 17.6 Å². The van der Waals surface area contributed by atoms with E-state index in [1.165, 1.54) is 6.07 Å². The van der Waals surface area contributed by atoms with Gasteiger partial charge in [-0.1, -0.05) is 13.8 Å². The van der Waals surface area contributed by atoms with Crippen LogP contribution in [0.5, 0.6) is 0 Å². The van der Waals surface area contributed by atoms with Crippen molar-refractivity contribution in [2.45, 2.75) is 26.8 Å². The summed E-state index contributed by atoms with van der Waals surface area (Å²) in [4.78, 5) is 11.9. The van der Waals surface area contributed by atoms with Crippen LogP contribution in [0.2, 0.25) is 0 Å². The topological polar surface area (TPSA) is 46.9 Å². The molecule has 124 valence electrons. The van der Waals surface area contributed by atoms with Gasteiger partial charge in [0.05, 0.1) is 0 Å². The van der Waals surface area contributed by atoms with Crippen LogP contribution < -0.4 is 5.32 Å². The Morgan fingerprint density at radius 3 is 2.39 bits per heavy atom. The van der Waals surface area contributed by atoms with Gasteiger partial charge in [-0.05, 0) is 12.3 Å². The van der Waals surface area contributed by atoms with E-state index in [1.54, 1.807) is 10.9 Å². The molecule has 1 aromatic carbocycles. The van der Waals surface area contributed by atoms with Gasteiger partial charge in [-0.2, -0.15) is 5.10 Å². The quantitative estimate of drug-likeness (QED) is 0.671. The van der Waals surface area contributed by atoms with Crippen LogP contribution >= 0.6 is 0 Å². The van der Waals surface area contributed by atoms with E-state index in [0.29, 0.717) is 12.5 Å². The fourth-order valence-corrected chi connectivity index (χ4v) is 1.89. The van der Waals surface area contributed by atoms with E-state index in [9.17, 15) is 22.4 Å². The minimum atomic E-state index is -1.75. The van der Waals surface area contributed by atoms with E-state index in [0.717, 1.165) is 6.42 Å². The fourth-order valence-electron chi connectivity index (χ4n) is 1.89. The molecule has 8 heteroatoms. The SMILES string of the molecule is CC(C)CCn1ccc(NC(=O)c2c(F)c(F)cc(F)c2F)n1. The highest BCUT2D eigenvalue weighted by Gasteiger charge is 2.25. The second-order valence-electron chi connectivity index (χ2n) is 5.44. The monoisotopic (exact) mass is 329 g/mol. The van der Waals surface area contributed by atoms with Crippen LogP contribution in [0.3, 0.4) is 0 Å². The maximum Gasteiger partial charge on any atom is 0.263 e. The largest absolute Gasteiger partial charge is 0.305 e. The summed E-state index contributed by atoms with van der Waals surface area (Å²) in [5, 5.41) is 6.12. The Bertz CT molecular complexity index is 702. The van der Waals surface area contributed by atoms with Crippen LogP contribution in [0.1, 0.15) is 30.6 Å². The molecule has 1 aromatic heterocycles. The molecule has 2 aromatic rings. The minimum Gasteiger partial charge on any atom is -0.305 e. The predicted octanol–water partition coefficient (Wildman–Crippen LogP) is 3.74. The van der Waals surface area contributed by atoms with Gasteiger partial charge in [0.2, 0.25) is 0 Å². The number of amides is 1. The summed E-state index contributed by atoms with van der Waals surface area (Å²) >= 11 is 0. The Labute approximate surface area is 130 Å². The first-order valence-corrected chi connectivity index (χ1v) is 6.97. The smallest absolute Gasteiger partial charge is 0.263 e. The molecule has 4 nitrogen and oxygen atoms in total. The molecular formula is C15H15F4N3O. The minimum absolute atomic E-state index is 0.0298. The van der Waals surface area contributed by atoms with Gasteiger partial charge in [-0.15, -0.1) is 0 Å². The van der Waals surface area contributed by atoms with E-state index in [4.69, 9.17) is 0 Å². The Balaban J connectivity index is 2.17. The van der Waals surface area contributed by atoms with Crippen molar-refractivity contribution in [1.82, 2.24) is 9.78 Å². The molecule has 0 atom stereocenters. The van der Waals surface area contributed by atoms with Crippen molar-refractivity contribution in [3.05, 3.63) is 47.2 Å². The highest BCUT2D eigenvalue weighted by atomic mass is 19.2. The van der Waals surface area contributed by atoms with Crippen molar-refractivity contribution >= 4 is 11.7 Å². The molecule has 0 aliphatic heterocycles. The molecule has 0 spiro atoms. The molecule has 0 aliphatic carbocycles. The molecule has 0 saturated heterocycles. The molecular weight excluding hydrogens is 314 g/mol. The summed E-state index contributed by atoms with van der Waals surface area (Å²) in [6.45, 7) is 4.68. The van der Waals surface area contributed by atoms with Crippen molar-refractivity contribution in [1.29, 1.82) is 0 Å².